The van der Waals surface area contributed by atoms with E-state index in [4.69, 9.17) is 23.1 Å². The molecule has 12 heavy (non-hydrogen) atoms. The lowest BCUT2D eigenvalue weighted by atomic mass is 10.1. The normalized spacial score (nSPS) is 12.9. The number of rotatable bonds is 2. The fraction of sp³-hybridized carbons (Fsp3) is 0.333. The average molecular weight is 185 g/mol. The molecule has 0 saturated heterocycles. The molecule has 0 radical (unpaired) electrons. The standard InChI is InChI=1S/C9H13ClN2/c1-6(11)4-7-2-3-9(12)8(10)5-7/h2-3,5-6H,4,11-12H2,1H3/t6-/m1/s1. The van der Waals surface area contributed by atoms with Gasteiger partial charge in [0.15, 0.2) is 0 Å². The summed E-state index contributed by atoms with van der Waals surface area (Å²) in [7, 11) is 0. The maximum Gasteiger partial charge on any atom is 0.0638 e. The van der Waals surface area contributed by atoms with Crippen LogP contribution in [0.1, 0.15) is 12.5 Å². The second kappa shape index (κ2) is 3.78. The van der Waals surface area contributed by atoms with Crippen molar-refractivity contribution in [3.8, 4) is 0 Å². The molecule has 0 unspecified atom stereocenters. The van der Waals surface area contributed by atoms with Crippen LogP contribution in [-0.2, 0) is 6.42 Å². The van der Waals surface area contributed by atoms with Gasteiger partial charge < -0.3 is 11.5 Å². The third kappa shape index (κ3) is 2.40. The van der Waals surface area contributed by atoms with Crippen LogP contribution in [0.25, 0.3) is 0 Å². The Morgan fingerprint density at radius 3 is 2.67 bits per heavy atom. The lowest BCUT2D eigenvalue weighted by Crippen LogP contribution is -2.17. The summed E-state index contributed by atoms with van der Waals surface area (Å²) in [5, 5.41) is 0.605. The number of anilines is 1. The zero-order valence-electron chi connectivity index (χ0n) is 7.05. The molecule has 3 heteroatoms. The molecule has 0 saturated carbocycles. The van der Waals surface area contributed by atoms with Gasteiger partial charge in [0, 0.05) is 6.04 Å². The van der Waals surface area contributed by atoms with E-state index in [-0.39, 0.29) is 6.04 Å². The molecule has 0 aliphatic rings. The van der Waals surface area contributed by atoms with Crippen molar-refractivity contribution in [2.75, 3.05) is 5.73 Å². The van der Waals surface area contributed by atoms with Gasteiger partial charge in [-0.15, -0.1) is 0 Å². The highest BCUT2D eigenvalue weighted by Gasteiger charge is 2.00. The Labute approximate surface area is 77.5 Å². The zero-order valence-corrected chi connectivity index (χ0v) is 7.81. The summed E-state index contributed by atoms with van der Waals surface area (Å²) < 4.78 is 0. The summed E-state index contributed by atoms with van der Waals surface area (Å²) in [4.78, 5) is 0. The molecule has 66 valence electrons. The minimum Gasteiger partial charge on any atom is -0.398 e. The molecule has 1 atom stereocenters. The highest BCUT2D eigenvalue weighted by atomic mass is 35.5. The van der Waals surface area contributed by atoms with Gasteiger partial charge in [-0.3, -0.25) is 0 Å². The third-order valence-electron chi connectivity index (χ3n) is 1.62. The largest absolute Gasteiger partial charge is 0.398 e. The van der Waals surface area contributed by atoms with E-state index >= 15 is 0 Å². The molecule has 1 aromatic rings. The fourth-order valence-electron chi connectivity index (χ4n) is 1.07. The maximum atomic E-state index is 5.83. The molecule has 0 fully saturated rings. The molecular weight excluding hydrogens is 172 g/mol. The van der Waals surface area contributed by atoms with Crippen LogP contribution in [0.2, 0.25) is 5.02 Å². The molecule has 0 amide bonds. The van der Waals surface area contributed by atoms with Crippen molar-refractivity contribution >= 4 is 17.3 Å². The van der Waals surface area contributed by atoms with Crippen LogP contribution in [0.15, 0.2) is 18.2 Å². The zero-order chi connectivity index (χ0) is 9.14. The van der Waals surface area contributed by atoms with Crippen molar-refractivity contribution in [1.82, 2.24) is 0 Å². The first-order valence-electron chi connectivity index (χ1n) is 3.89. The van der Waals surface area contributed by atoms with E-state index in [9.17, 15) is 0 Å². The maximum absolute atomic E-state index is 5.83. The Morgan fingerprint density at radius 1 is 1.50 bits per heavy atom. The van der Waals surface area contributed by atoms with Gasteiger partial charge in [-0.25, -0.2) is 0 Å². The van der Waals surface area contributed by atoms with Crippen molar-refractivity contribution in [3.63, 3.8) is 0 Å². The predicted octanol–water partition coefficient (Wildman–Crippen LogP) is 1.81. The number of halogens is 1. The van der Waals surface area contributed by atoms with Crippen LogP contribution < -0.4 is 11.5 Å². The van der Waals surface area contributed by atoms with Crippen LogP contribution >= 0.6 is 11.6 Å². The summed E-state index contributed by atoms with van der Waals surface area (Å²) in [6, 6.07) is 5.77. The first-order chi connectivity index (χ1) is 5.59. The number of hydrogen-bond acceptors (Lipinski definition) is 2. The van der Waals surface area contributed by atoms with Gasteiger partial charge in [0.2, 0.25) is 0 Å². The number of nitrogen functional groups attached to an aromatic ring is 1. The number of hydrogen-bond donors (Lipinski definition) is 2. The minimum absolute atomic E-state index is 0.157. The second-order valence-electron chi connectivity index (χ2n) is 3.04. The third-order valence-corrected chi connectivity index (χ3v) is 1.95. The summed E-state index contributed by atoms with van der Waals surface area (Å²) in [5.41, 5.74) is 12.9. The lowest BCUT2D eigenvalue weighted by Gasteiger charge is -2.06. The molecular formula is C9H13ClN2. The van der Waals surface area contributed by atoms with E-state index < -0.39 is 0 Å². The van der Waals surface area contributed by atoms with Crippen molar-refractivity contribution in [1.29, 1.82) is 0 Å². The van der Waals surface area contributed by atoms with E-state index in [1.54, 1.807) is 6.07 Å². The Bertz CT molecular complexity index is 271. The van der Waals surface area contributed by atoms with E-state index in [1.807, 2.05) is 19.1 Å². The Kier molecular flexibility index (Phi) is 2.95. The van der Waals surface area contributed by atoms with Gasteiger partial charge in [0.1, 0.15) is 0 Å². The van der Waals surface area contributed by atoms with Crippen LogP contribution in [-0.4, -0.2) is 6.04 Å². The second-order valence-corrected chi connectivity index (χ2v) is 3.44. The highest BCUT2D eigenvalue weighted by molar-refractivity contribution is 6.33. The number of benzene rings is 1. The smallest absolute Gasteiger partial charge is 0.0638 e. The average Bonchev–Trinajstić information content (AvgIpc) is 1.96. The monoisotopic (exact) mass is 184 g/mol. The number of nitrogens with two attached hydrogens (primary N) is 2. The van der Waals surface area contributed by atoms with E-state index in [0.717, 1.165) is 12.0 Å². The van der Waals surface area contributed by atoms with Crippen molar-refractivity contribution in [3.05, 3.63) is 28.8 Å². The molecule has 1 aromatic carbocycles. The van der Waals surface area contributed by atoms with Gasteiger partial charge in [0.05, 0.1) is 10.7 Å². The summed E-state index contributed by atoms with van der Waals surface area (Å²) in [6.45, 7) is 1.96. The Balaban J connectivity index is 2.82. The SMILES string of the molecule is C[C@@H](N)Cc1ccc(N)c(Cl)c1. The fourth-order valence-corrected chi connectivity index (χ4v) is 1.27. The molecule has 0 aliphatic carbocycles. The van der Waals surface area contributed by atoms with Crippen molar-refractivity contribution in [2.45, 2.75) is 19.4 Å². The van der Waals surface area contributed by atoms with Crippen LogP contribution in [0.3, 0.4) is 0 Å². The predicted molar refractivity (Wildman–Crippen MR) is 53.2 cm³/mol. The van der Waals surface area contributed by atoms with Gasteiger partial charge in [-0.1, -0.05) is 17.7 Å². The lowest BCUT2D eigenvalue weighted by molar-refractivity contribution is 0.738. The summed E-state index contributed by atoms with van der Waals surface area (Å²) >= 11 is 5.83. The first kappa shape index (κ1) is 9.36. The summed E-state index contributed by atoms with van der Waals surface area (Å²) in [6.07, 6.45) is 0.833. The quantitative estimate of drug-likeness (QED) is 0.689. The van der Waals surface area contributed by atoms with Gasteiger partial charge in [-0.05, 0) is 31.0 Å². The molecule has 4 N–H and O–H groups in total. The summed E-state index contributed by atoms with van der Waals surface area (Å²) in [5.74, 6) is 0. The molecule has 0 aliphatic heterocycles. The topological polar surface area (TPSA) is 52.0 Å². The van der Waals surface area contributed by atoms with Crippen LogP contribution in [0, 0.1) is 0 Å². The van der Waals surface area contributed by atoms with E-state index in [1.165, 1.54) is 0 Å². The van der Waals surface area contributed by atoms with E-state index in [0.29, 0.717) is 10.7 Å². The highest BCUT2D eigenvalue weighted by Crippen LogP contribution is 2.20. The molecule has 0 bridgehead atoms. The molecule has 0 heterocycles. The van der Waals surface area contributed by atoms with Crippen LogP contribution in [0.5, 0.6) is 0 Å². The molecule has 0 spiro atoms. The minimum atomic E-state index is 0.157. The molecule has 2 nitrogen and oxygen atoms in total. The van der Waals surface area contributed by atoms with Gasteiger partial charge in [-0.2, -0.15) is 0 Å². The molecule has 0 aromatic heterocycles. The Hall–Kier alpha value is -0.730. The first-order valence-corrected chi connectivity index (χ1v) is 4.27. The van der Waals surface area contributed by atoms with Crippen molar-refractivity contribution < 1.29 is 0 Å². The van der Waals surface area contributed by atoms with Crippen molar-refractivity contribution in [2.24, 2.45) is 5.73 Å². The van der Waals surface area contributed by atoms with Gasteiger partial charge in [0.25, 0.3) is 0 Å². The molecule has 1 rings (SSSR count). The van der Waals surface area contributed by atoms with Crippen LogP contribution in [0.4, 0.5) is 5.69 Å². The Morgan fingerprint density at radius 2 is 2.17 bits per heavy atom. The van der Waals surface area contributed by atoms with E-state index in [2.05, 4.69) is 0 Å². The van der Waals surface area contributed by atoms with Gasteiger partial charge >= 0.3 is 0 Å².